The molecule has 0 bridgehead atoms. The van der Waals surface area contributed by atoms with Gasteiger partial charge in [0.05, 0.1) is 5.69 Å². The van der Waals surface area contributed by atoms with Crippen LogP contribution in [0.25, 0.3) is 0 Å². The molecule has 65 valence electrons. The third-order valence-corrected chi connectivity index (χ3v) is 1.93. The maximum atomic E-state index is 4.22. The van der Waals surface area contributed by atoms with Crippen molar-refractivity contribution in [3.63, 3.8) is 0 Å². The first kappa shape index (κ1) is 9.20. The van der Waals surface area contributed by atoms with Gasteiger partial charge in [-0.25, -0.2) is 0 Å². The predicted molar refractivity (Wildman–Crippen MR) is 49.7 cm³/mol. The molecule has 0 aliphatic heterocycles. The van der Waals surface area contributed by atoms with E-state index < -0.39 is 0 Å². The Hall–Kier alpha value is -0.890. The lowest BCUT2D eigenvalue weighted by Crippen LogP contribution is -2.22. The molecule has 1 heterocycles. The van der Waals surface area contributed by atoms with Crippen LogP contribution in [0.3, 0.4) is 0 Å². The fourth-order valence-electron chi connectivity index (χ4n) is 1.10. The summed E-state index contributed by atoms with van der Waals surface area (Å²) in [6.07, 6.45) is 1.81. The molecule has 12 heavy (non-hydrogen) atoms. The van der Waals surface area contributed by atoms with E-state index in [4.69, 9.17) is 0 Å². The molecule has 1 rings (SSSR count). The molecule has 2 heteroatoms. The van der Waals surface area contributed by atoms with Crippen molar-refractivity contribution < 1.29 is 0 Å². The normalized spacial score (nSPS) is 10.6. The summed E-state index contributed by atoms with van der Waals surface area (Å²) in [5.41, 5.74) is 1.03. The van der Waals surface area contributed by atoms with Gasteiger partial charge >= 0.3 is 0 Å². The van der Waals surface area contributed by atoms with E-state index in [0.717, 1.165) is 25.3 Å². The minimum Gasteiger partial charge on any atom is -0.298 e. The second-order valence-corrected chi connectivity index (χ2v) is 2.69. The monoisotopic (exact) mass is 163 g/mol. The highest BCUT2D eigenvalue weighted by atomic mass is 15.1. The lowest BCUT2D eigenvalue weighted by atomic mass is 10.3. The van der Waals surface area contributed by atoms with Crippen LogP contribution in [0.1, 0.15) is 19.5 Å². The van der Waals surface area contributed by atoms with Crippen LogP contribution in [0.4, 0.5) is 0 Å². The first-order valence-electron chi connectivity index (χ1n) is 4.40. The molecule has 1 aromatic rings. The third kappa shape index (κ3) is 2.62. The van der Waals surface area contributed by atoms with E-state index in [9.17, 15) is 0 Å². The molecule has 0 fully saturated rings. The quantitative estimate of drug-likeness (QED) is 0.672. The van der Waals surface area contributed by atoms with Gasteiger partial charge in [-0.2, -0.15) is 0 Å². The standard InChI is InChI=1S/C10H15N2/c1-3-12(4-2)9-10-7-5-6-8-11-10/h5-6,8H,3-4,9H2,1-2H3. The van der Waals surface area contributed by atoms with E-state index in [0.29, 0.717) is 0 Å². The van der Waals surface area contributed by atoms with Crippen molar-refractivity contribution in [1.29, 1.82) is 0 Å². The number of nitrogens with zero attached hydrogens (tertiary/aromatic N) is 2. The van der Waals surface area contributed by atoms with E-state index >= 15 is 0 Å². The third-order valence-electron chi connectivity index (χ3n) is 1.93. The van der Waals surface area contributed by atoms with E-state index in [2.05, 4.69) is 29.8 Å². The van der Waals surface area contributed by atoms with E-state index in [1.54, 1.807) is 0 Å². The molecule has 1 radical (unpaired) electrons. The average molecular weight is 163 g/mol. The zero-order valence-corrected chi connectivity index (χ0v) is 7.75. The number of hydrogen-bond donors (Lipinski definition) is 0. The van der Waals surface area contributed by atoms with Gasteiger partial charge in [-0.3, -0.25) is 9.88 Å². The Bertz CT molecular complexity index is 204. The summed E-state index contributed by atoms with van der Waals surface area (Å²) in [5, 5.41) is 0. The van der Waals surface area contributed by atoms with E-state index in [1.807, 2.05) is 18.3 Å². The van der Waals surface area contributed by atoms with Gasteiger partial charge in [0.25, 0.3) is 0 Å². The molecule has 0 amide bonds. The Kier molecular flexibility index (Phi) is 3.74. The summed E-state index contributed by atoms with van der Waals surface area (Å²) in [6.45, 7) is 7.37. The number of pyridine rings is 1. The van der Waals surface area contributed by atoms with Crippen molar-refractivity contribution in [2.24, 2.45) is 0 Å². The summed E-state index contributed by atoms with van der Waals surface area (Å²) in [7, 11) is 0. The van der Waals surface area contributed by atoms with Crippen LogP contribution in [0.5, 0.6) is 0 Å². The van der Waals surface area contributed by atoms with Crippen LogP contribution in [0, 0.1) is 6.07 Å². The highest BCUT2D eigenvalue weighted by molar-refractivity contribution is 5.00. The molecule has 0 saturated heterocycles. The first-order valence-corrected chi connectivity index (χ1v) is 4.40. The lowest BCUT2D eigenvalue weighted by Gasteiger charge is -2.16. The second-order valence-electron chi connectivity index (χ2n) is 2.69. The lowest BCUT2D eigenvalue weighted by molar-refractivity contribution is 0.292. The summed E-state index contributed by atoms with van der Waals surface area (Å²) >= 11 is 0. The van der Waals surface area contributed by atoms with Crippen molar-refractivity contribution in [3.05, 3.63) is 30.1 Å². The summed E-state index contributed by atoms with van der Waals surface area (Å²) in [6, 6.07) is 6.92. The fraction of sp³-hybridized carbons (Fsp3) is 0.500. The van der Waals surface area contributed by atoms with E-state index in [1.165, 1.54) is 0 Å². The highest BCUT2D eigenvalue weighted by Gasteiger charge is 2.00. The Balaban J connectivity index is 2.51. The Morgan fingerprint density at radius 3 is 2.67 bits per heavy atom. The number of aromatic nitrogens is 1. The van der Waals surface area contributed by atoms with Gasteiger partial charge < -0.3 is 0 Å². The maximum Gasteiger partial charge on any atom is 0.0622 e. The van der Waals surface area contributed by atoms with Crippen LogP contribution in [-0.4, -0.2) is 23.0 Å². The van der Waals surface area contributed by atoms with E-state index in [-0.39, 0.29) is 0 Å². The second kappa shape index (κ2) is 4.88. The van der Waals surface area contributed by atoms with Gasteiger partial charge in [0.1, 0.15) is 0 Å². The van der Waals surface area contributed by atoms with Gasteiger partial charge in [0, 0.05) is 18.8 Å². The van der Waals surface area contributed by atoms with Crippen LogP contribution in [0.2, 0.25) is 0 Å². The molecule has 2 nitrogen and oxygen atoms in total. The molecule has 0 unspecified atom stereocenters. The minimum absolute atomic E-state index is 0.911. The molecule has 0 spiro atoms. The van der Waals surface area contributed by atoms with Crippen LogP contribution in [0.15, 0.2) is 18.3 Å². The molecular formula is C10H15N2. The molecule has 0 aromatic carbocycles. The van der Waals surface area contributed by atoms with Crippen molar-refractivity contribution in [2.45, 2.75) is 20.4 Å². The van der Waals surface area contributed by atoms with Crippen LogP contribution >= 0.6 is 0 Å². The molecule has 0 aliphatic carbocycles. The highest BCUT2D eigenvalue weighted by Crippen LogP contribution is 1.98. The summed E-state index contributed by atoms with van der Waals surface area (Å²) in [5.74, 6) is 0. The fourth-order valence-corrected chi connectivity index (χ4v) is 1.10. The van der Waals surface area contributed by atoms with Gasteiger partial charge in [-0.15, -0.1) is 0 Å². The smallest absolute Gasteiger partial charge is 0.0622 e. The Morgan fingerprint density at radius 2 is 2.17 bits per heavy atom. The molecule has 1 aromatic heterocycles. The minimum atomic E-state index is 0.911. The van der Waals surface area contributed by atoms with Crippen molar-refractivity contribution in [3.8, 4) is 0 Å². The molecule has 0 atom stereocenters. The molecule has 0 aliphatic rings. The summed E-state index contributed by atoms with van der Waals surface area (Å²) < 4.78 is 0. The van der Waals surface area contributed by atoms with Crippen molar-refractivity contribution in [2.75, 3.05) is 13.1 Å². The predicted octanol–water partition coefficient (Wildman–Crippen LogP) is 1.72. The van der Waals surface area contributed by atoms with Gasteiger partial charge in [0.15, 0.2) is 0 Å². The molecule has 0 saturated carbocycles. The van der Waals surface area contributed by atoms with Crippen molar-refractivity contribution in [1.82, 2.24) is 9.88 Å². The van der Waals surface area contributed by atoms with Crippen LogP contribution < -0.4 is 0 Å². The largest absolute Gasteiger partial charge is 0.298 e. The van der Waals surface area contributed by atoms with Gasteiger partial charge in [-0.05, 0) is 19.2 Å². The first-order chi connectivity index (χ1) is 5.86. The molecular weight excluding hydrogens is 148 g/mol. The SMILES string of the molecule is CCN(CC)Cc1[c]cccn1. The van der Waals surface area contributed by atoms with Crippen LogP contribution in [-0.2, 0) is 6.54 Å². The Labute approximate surface area is 74.2 Å². The average Bonchev–Trinajstić information content (AvgIpc) is 2.16. The number of rotatable bonds is 4. The molecule has 0 N–H and O–H groups in total. The van der Waals surface area contributed by atoms with Crippen molar-refractivity contribution >= 4 is 0 Å². The topological polar surface area (TPSA) is 16.1 Å². The van der Waals surface area contributed by atoms with Gasteiger partial charge in [-0.1, -0.05) is 19.9 Å². The zero-order chi connectivity index (χ0) is 8.81. The summed E-state index contributed by atoms with van der Waals surface area (Å²) in [4.78, 5) is 6.54. The number of hydrogen-bond acceptors (Lipinski definition) is 2. The Morgan fingerprint density at radius 1 is 1.42 bits per heavy atom. The zero-order valence-electron chi connectivity index (χ0n) is 7.75. The maximum absolute atomic E-state index is 4.22. The van der Waals surface area contributed by atoms with Gasteiger partial charge in [0.2, 0.25) is 0 Å².